The molecule has 1 nitrogen and oxygen atoms in total. The van der Waals surface area contributed by atoms with E-state index in [2.05, 4.69) is 0 Å². The zero-order valence-corrected chi connectivity index (χ0v) is 9.34. The molecule has 2 aromatic rings. The van der Waals surface area contributed by atoms with E-state index in [1.807, 2.05) is 0 Å². The molecule has 0 amide bonds. The fourth-order valence-corrected chi connectivity index (χ4v) is 1.82. The topological polar surface area (TPSA) is 17.1 Å². The van der Waals surface area contributed by atoms with E-state index in [-0.39, 0.29) is 16.7 Å². The average molecular weight is 253 g/mol. The van der Waals surface area contributed by atoms with Gasteiger partial charge in [-0.15, -0.1) is 0 Å². The summed E-state index contributed by atoms with van der Waals surface area (Å²) < 4.78 is 27.1. The Hall–Kier alpha value is -1.74. The summed E-state index contributed by atoms with van der Waals surface area (Å²) in [5.41, 5.74) is -0.00151. The van der Waals surface area contributed by atoms with Gasteiger partial charge in [0.2, 0.25) is 0 Å². The van der Waals surface area contributed by atoms with E-state index in [9.17, 15) is 13.6 Å². The minimum atomic E-state index is -0.943. The number of carbonyl (C=O) groups excluding carboxylic acids is 1. The predicted octanol–water partition coefficient (Wildman–Crippen LogP) is 4.01. The van der Waals surface area contributed by atoms with Crippen LogP contribution in [0.2, 0.25) is 0 Å². The summed E-state index contributed by atoms with van der Waals surface area (Å²) in [7, 11) is 0. The Labute approximate surface area is 102 Å². The second-order valence-corrected chi connectivity index (χ2v) is 3.76. The van der Waals surface area contributed by atoms with E-state index in [4.69, 9.17) is 11.6 Å². The Balaban J connectivity index is 2.72. The van der Waals surface area contributed by atoms with Crippen molar-refractivity contribution in [2.45, 2.75) is 0 Å². The van der Waals surface area contributed by atoms with Gasteiger partial charge in [0.15, 0.2) is 0 Å². The average Bonchev–Trinajstić information content (AvgIpc) is 2.28. The predicted molar refractivity (Wildman–Crippen MR) is 62.0 cm³/mol. The van der Waals surface area contributed by atoms with Gasteiger partial charge in [0.25, 0.3) is 5.24 Å². The standard InChI is InChI=1S/C13H7ClF2O/c14-13(17)12-9(5-3-7-11(12)16)8-4-1-2-6-10(8)15/h1-7H. The van der Waals surface area contributed by atoms with Crippen molar-refractivity contribution in [3.05, 3.63) is 59.7 Å². The Morgan fingerprint density at radius 1 is 0.882 bits per heavy atom. The van der Waals surface area contributed by atoms with Gasteiger partial charge in [-0.1, -0.05) is 30.3 Å². The van der Waals surface area contributed by atoms with Crippen molar-refractivity contribution in [3.8, 4) is 11.1 Å². The molecule has 0 aliphatic carbocycles. The zero-order chi connectivity index (χ0) is 12.4. The normalized spacial score (nSPS) is 10.3. The first-order chi connectivity index (χ1) is 8.11. The highest BCUT2D eigenvalue weighted by atomic mass is 35.5. The molecule has 17 heavy (non-hydrogen) atoms. The number of halogens is 3. The van der Waals surface area contributed by atoms with Crippen molar-refractivity contribution in [3.63, 3.8) is 0 Å². The van der Waals surface area contributed by atoms with Crippen LogP contribution in [0.1, 0.15) is 10.4 Å². The highest BCUT2D eigenvalue weighted by Gasteiger charge is 2.17. The summed E-state index contributed by atoms with van der Waals surface area (Å²) in [5.74, 6) is -1.29. The lowest BCUT2D eigenvalue weighted by atomic mass is 9.99. The molecule has 0 atom stereocenters. The number of hydrogen-bond donors (Lipinski definition) is 0. The van der Waals surface area contributed by atoms with Crippen molar-refractivity contribution in [1.29, 1.82) is 0 Å². The van der Waals surface area contributed by atoms with E-state index < -0.39 is 16.9 Å². The van der Waals surface area contributed by atoms with Crippen LogP contribution in [0.4, 0.5) is 8.78 Å². The van der Waals surface area contributed by atoms with Crippen molar-refractivity contribution < 1.29 is 13.6 Å². The first kappa shape index (κ1) is 11.7. The molecule has 0 heterocycles. The lowest BCUT2D eigenvalue weighted by Gasteiger charge is -2.08. The number of hydrogen-bond acceptors (Lipinski definition) is 1. The summed E-state index contributed by atoms with van der Waals surface area (Å²) in [6, 6.07) is 9.79. The third-order valence-electron chi connectivity index (χ3n) is 2.37. The highest BCUT2D eigenvalue weighted by molar-refractivity contribution is 6.68. The molecule has 0 spiro atoms. The second-order valence-electron chi connectivity index (χ2n) is 3.42. The van der Waals surface area contributed by atoms with E-state index in [1.165, 1.54) is 30.3 Å². The number of rotatable bonds is 2. The van der Waals surface area contributed by atoms with E-state index in [0.717, 1.165) is 6.07 Å². The Bertz CT molecular complexity index is 581. The van der Waals surface area contributed by atoms with Crippen LogP contribution in [0.5, 0.6) is 0 Å². The van der Waals surface area contributed by atoms with Gasteiger partial charge in [0.1, 0.15) is 11.6 Å². The third-order valence-corrected chi connectivity index (χ3v) is 2.56. The second kappa shape index (κ2) is 4.63. The zero-order valence-electron chi connectivity index (χ0n) is 8.58. The molecule has 0 radical (unpaired) electrons. The molecule has 0 aliphatic heterocycles. The summed E-state index contributed by atoms with van der Waals surface area (Å²) in [4.78, 5) is 11.2. The summed E-state index contributed by atoms with van der Waals surface area (Å²) in [6.45, 7) is 0. The maximum Gasteiger partial charge on any atom is 0.255 e. The maximum atomic E-state index is 13.6. The third kappa shape index (κ3) is 2.19. The van der Waals surface area contributed by atoms with Gasteiger partial charge in [0.05, 0.1) is 5.56 Å². The van der Waals surface area contributed by atoms with Crippen LogP contribution < -0.4 is 0 Å². The molecule has 2 aromatic carbocycles. The van der Waals surface area contributed by atoms with Crippen molar-refractivity contribution in [2.24, 2.45) is 0 Å². The molecule has 0 aliphatic rings. The van der Waals surface area contributed by atoms with Gasteiger partial charge in [-0.3, -0.25) is 4.79 Å². The molecule has 0 aromatic heterocycles. The molecule has 86 valence electrons. The molecule has 0 fully saturated rings. The lowest BCUT2D eigenvalue weighted by molar-refractivity contribution is 0.107. The Morgan fingerprint density at radius 3 is 2.12 bits per heavy atom. The fraction of sp³-hybridized carbons (Fsp3) is 0. The van der Waals surface area contributed by atoms with Crippen LogP contribution >= 0.6 is 11.6 Å². The van der Waals surface area contributed by atoms with Crippen LogP contribution in [0.3, 0.4) is 0 Å². The van der Waals surface area contributed by atoms with Crippen molar-refractivity contribution in [1.82, 2.24) is 0 Å². The van der Waals surface area contributed by atoms with Crippen molar-refractivity contribution >= 4 is 16.8 Å². The first-order valence-electron chi connectivity index (χ1n) is 4.84. The van der Waals surface area contributed by atoms with E-state index in [0.29, 0.717) is 0 Å². The molecule has 0 bridgehead atoms. The largest absolute Gasteiger partial charge is 0.275 e. The molecule has 0 N–H and O–H groups in total. The van der Waals surface area contributed by atoms with Crippen LogP contribution in [0.15, 0.2) is 42.5 Å². The van der Waals surface area contributed by atoms with Gasteiger partial charge in [-0.25, -0.2) is 8.78 Å². The summed E-state index contributed by atoms with van der Waals surface area (Å²) >= 11 is 5.31. The van der Waals surface area contributed by atoms with Crippen LogP contribution in [0, 0.1) is 11.6 Å². The smallest absolute Gasteiger partial charge is 0.255 e. The van der Waals surface area contributed by atoms with Crippen LogP contribution in [-0.2, 0) is 0 Å². The Kier molecular flexibility index (Phi) is 3.20. The fourth-order valence-electron chi connectivity index (χ4n) is 1.63. The molecule has 2 rings (SSSR count). The summed E-state index contributed by atoms with van der Waals surface area (Å²) in [5, 5.41) is -0.943. The molecule has 0 unspecified atom stereocenters. The quantitative estimate of drug-likeness (QED) is 0.738. The van der Waals surface area contributed by atoms with E-state index >= 15 is 0 Å². The lowest BCUT2D eigenvalue weighted by Crippen LogP contribution is -1.99. The monoisotopic (exact) mass is 252 g/mol. The van der Waals surface area contributed by atoms with Gasteiger partial charge in [-0.2, -0.15) is 0 Å². The maximum absolute atomic E-state index is 13.6. The van der Waals surface area contributed by atoms with Gasteiger partial charge in [0, 0.05) is 5.56 Å². The van der Waals surface area contributed by atoms with Gasteiger partial charge >= 0.3 is 0 Å². The van der Waals surface area contributed by atoms with E-state index in [1.54, 1.807) is 6.07 Å². The molecular formula is C13H7ClF2O. The SMILES string of the molecule is O=C(Cl)c1c(F)cccc1-c1ccccc1F. The molecule has 0 saturated heterocycles. The number of carbonyl (C=O) groups is 1. The van der Waals surface area contributed by atoms with Crippen molar-refractivity contribution in [2.75, 3.05) is 0 Å². The molecular weight excluding hydrogens is 246 g/mol. The Morgan fingerprint density at radius 2 is 1.47 bits per heavy atom. The first-order valence-corrected chi connectivity index (χ1v) is 5.22. The minimum absolute atomic E-state index is 0.149. The van der Waals surface area contributed by atoms with Gasteiger partial charge < -0.3 is 0 Å². The molecule has 0 saturated carbocycles. The molecule has 4 heteroatoms. The van der Waals surface area contributed by atoms with Crippen LogP contribution in [-0.4, -0.2) is 5.24 Å². The number of benzene rings is 2. The van der Waals surface area contributed by atoms with Gasteiger partial charge in [-0.05, 0) is 29.3 Å². The van der Waals surface area contributed by atoms with Crippen LogP contribution in [0.25, 0.3) is 11.1 Å². The highest BCUT2D eigenvalue weighted by Crippen LogP contribution is 2.28. The minimum Gasteiger partial charge on any atom is -0.275 e. The summed E-state index contributed by atoms with van der Waals surface area (Å²) in [6.07, 6.45) is 0.